The predicted molar refractivity (Wildman–Crippen MR) is 70.4 cm³/mol. The summed E-state index contributed by atoms with van der Waals surface area (Å²) in [6.45, 7) is 7.44. The molecule has 1 fully saturated rings. The highest BCUT2D eigenvalue weighted by molar-refractivity contribution is 6.18. The molecule has 1 unspecified atom stereocenters. The summed E-state index contributed by atoms with van der Waals surface area (Å²) in [6.07, 6.45) is 3.73. The lowest BCUT2D eigenvalue weighted by Gasteiger charge is -2.36. The Hall–Kier alpha value is -0.280. The molecule has 0 radical (unpaired) electrons. The van der Waals surface area contributed by atoms with Gasteiger partial charge in [-0.05, 0) is 32.6 Å². The van der Waals surface area contributed by atoms with Gasteiger partial charge in [-0.15, -0.1) is 11.6 Å². The van der Waals surface area contributed by atoms with Crippen LogP contribution in [0.3, 0.4) is 0 Å². The smallest absolute Gasteiger partial charge is 0.254 e. The van der Waals surface area contributed by atoms with E-state index in [-0.39, 0.29) is 11.9 Å². The zero-order valence-corrected chi connectivity index (χ0v) is 11.9. The van der Waals surface area contributed by atoms with Crippen molar-refractivity contribution in [3.05, 3.63) is 0 Å². The fourth-order valence-corrected chi connectivity index (χ4v) is 2.70. The van der Waals surface area contributed by atoms with Gasteiger partial charge in [-0.3, -0.25) is 4.79 Å². The van der Waals surface area contributed by atoms with Crippen LogP contribution in [0.25, 0.3) is 0 Å². The average Bonchev–Trinajstić information content (AvgIpc) is 2.77. The van der Waals surface area contributed by atoms with E-state index in [1.807, 2.05) is 11.8 Å². The van der Waals surface area contributed by atoms with E-state index in [1.54, 1.807) is 0 Å². The molecule has 1 rings (SSSR count). The molecular formula is C13H24ClNO2. The molecule has 0 aliphatic carbocycles. The van der Waals surface area contributed by atoms with Crippen molar-refractivity contribution in [2.45, 2.75) is 58.1 Å². The maximum absolute atomic E-state index is 12.6. The van der Waals surface area contributed by atoms with Crippen LogP contribution in [0.15, 0.2) is 0 Å². The van der Waals surface area contributed by atoms with Crippen molar-refractivity contribution < 1.29 is 9.53 Å². The standard InChI is InChI=1S/C13H24ClNO2/c1-4-11(5-2)15(9-8-14)12(16)13(3)7-6-10-17-13/h11H,4-10H2,1-3H3. The Morgan fingerprint density at radius 2 is 2.12 bits per heavy atom. The Morgan fingerprint density at radius 1 is 1.47 bits per heavy atom. The van der Waals surface area contributed by atoms with Crippen LogP contribution >= 0.6 is 11.6 Å². The molecule has 0 bridgehead atoms. The van der Waals surface area contributed by atoms with Gasteiger partial charge < -0.3 is 9.64 Å². The van der Waals surface area contributed by atoms with Crippen LogP contribution in [0.1, 0.15) is 46.5 Å². The second kappa shape index (κ2) is 6.60. The molecule has 0 aromatic carbocycles. The van der Waals surface area contributed by atoms with Crippen LogP contribution in [0.5, 0.6) is 0 Å². The molecule has 0 aromatic rings. The fourth-order valence-electron chi connectivity index (χ4n) is 2.52. The predicted octanol–water partition coefficient (Wildman–Crippen LogP) is 2.81. The molecule has 1 aliphatic rings. The van der Waals surface area contributed by atoms with E-state index in [2.05, 4.69) is 13.8 Å². The Bertz CT molecular complexity index is 248. The van der Waals surface area contributed by atoms with Crippen molar-refractivity contribution in [1.29, 1.82) is 0 Å². The molecule has 4 heteroatoms. The Morgan fingerprint density at radius 3 is 2.53 bits per heavy atom. The van der Waals surface area contributed by atoms with Crippen molar-refractivity contribution in [2.75, 3.05) is 19.0 Å². The summed E-state index contributed by atoms with van der Waals surface area (Å²) in [5, 5.41) is 0. The number of halogens is 1. The largest absolute Gasteiger partial charge is 0.365 e. The van der Waals surface area contributed by atoms with Crippen molar-refractivity contribution in [1.82, 2.24) is 4.90 Å². The third kappa shape index (κ3) is 3.35. The zero-order valence-electron chi connectivity index (χ0n) is 11.2. The van der Waals surface area contributed by atoms with Crippen molar-refractivity contribution in [3.8, 4) is 0 Å². The Kier molecular flexibility index (Phi) is 5.74. The number of hydrogen-bond acceptors (Lipinski definition) is 2. The van der Waals surface area contributed by atoms with Crippen LogP contribution in [0.2, 0.25) is 0 Å². The first-order chi connectivity index (χ1) is 8.09. The monoisotopic (exact) mass is 261 g/mol. The third-order valence-corrected chi connectivity index (χ3v) is 3.81. The number of nitrogens with zero attached hydrogens (tertiary/aromatic N) is 1. The lowest BCUT2D eigenvalue weighted by Crippen LogP contribution is -2.51. The maximum Gasteiger partial charge on any atom is 0.254 e. The second-order valence-corrected chi connectivity index (χ2v) is 5.22. The number of rotatable bonds is 6. The number of ether oxygens (including phenoxy) is 1. The molecule has 1 saturated heterocycles. The molecular weight excluding hydrogens is 238 g/mol. The highest BCUT2D eigenvalue weighted by Gasteiger charge is 2.41. The molecule has 1 aliphatic heterocycles. The van der Waals surface area contributed by atoms with E-state index < -0.39 is 5.60 Å². The minimum atomic E-state index is -0.616. The highest BCUT2D eigenvalue weighted by Crippen LogP contribution is 2.28. The van der Waals surface area contributed by atoms with Crippen LogP contribution < -0.4 is 0 Å². The van der Waals surface area contributed by atoms with Gasteiger partial charge in [0, 0.05) is 25.1 Å². The number of alkyl halides is 1. The number of carbonyl (C=O) groups is 1. The number of hydrogen-bond donors (Lipinski definition) is 0. The SMILES string of the molecule is CCC(CC)N(CCCl)C(=O)C1(C)CCCO1. The lowest BCUT2D eigenvalue weighted by atomic mass is 9.99. The molecule has 0 spiro atoms. The van der Waals surface area contributed by atoms with Crippen LogP contribution in [-0.4, -0.2) is 41.5 Å². The van der Waals surface area contributed by atoms with Crippen LogP contribution in [-0.2, 0) is 9.53 Å². The summed E-state index contributed by atoms with van der Waals surface area (Å²) < 4.78 is 5.63. The number of amides is 1. The van der Waals surface area contributed by atoms with Gasteiger partial charge in [0.15, 0.2) is 0 Å². The van der Waals surface area contributed by atoms with E-state index >= 15 is 0 Å². The minimum Gasteiger partial charge on any atom is -0.365 e. The molecule has 0 N–H and O–H groups in total. The zero-order chi connectivity index (χ0) is 12.9. The number of carbonyl (C=O) groups excluding carboxylic acids is 1. The molecule has 3 nitrogen and oxygen atoms in total. The molecule has 0 saturated carbocycles. The topological polar surface area (TPSA) is 29.5 Å². The summed E-state index contributed by atoms with van der Waals surface area (Å²) in [5.41, 5.74) is -0.616. The molecule has 100 valence electrons. The normalized spacial score (nSPS) is 24.3. The quantitative estimate of drug-likeness (QED) is 0.688. The van der Waals surface area contributed by atoms with Gasteiger partial charge in [-0.2, -0.15) is 0 Å². The van der Waals surface area contributed by atoms with Gasteiger partial charge in [0.2, 0.25) is 0 Å². The molecule has 1 atom stereocenters. The van der Waals surface area contributed by atoms with E-state index in [1.165, 1.54) is 0 Å². The minimum absolute atomic E-state index is 0.115. The van der Waals surface area contributed by atoms with Gasteiger partial charge in [0.25, 0.3) is 5.91 Å². The summed E-state index contributed by atoms with van der Waals surface area (Å²) in [7, 11) is 0. The van der Waals surface area contributed by atoms with Crippen LogP contribution in [0, 0.1) is 0 Å². The van der Waals surface area contributed by atoms with E-state index in [0.29, 0.717) is 19.0 Å². The van der Waals surface area contributed by atoms with Gasteiger partial charge in [0.05, 0.1) is 0 Å². The third-order valence-electron chi connectivity index (χ3n) is 3.64. The first-order valence-corrected chi connectivity index (χ1v) is 7.13. The van der Waals surface area contributed by atoms with Gasteiger partial charge >= 0.3 is 0 Å². The first kappa shape index (κ1) is 14.8. The van der Waals surface area contributed by atoms with Crippen molar-refractivity contribution >= 4 is 17.5 Å². The van der Waals surface area contributed by atoms with E-state index in [9.17, 15) is 4.79 Å². The summed E-state index contributed by atoms with van der Waals surface area (Å²) in [5.74, 6) is 0.600. The highest BCUT2D eigenvalue weighted by atomic mass is 35.5. The fraction of sp³-hybridized carbons (Fsp3) is 0.923. The molecule has 1 heterocycles. The van der Waals surface area contributed by atoms with Crippen molar-refractivity contribution in [3.63, 3.8) is 0 Å². The summed E-state index contributed by atoms with van der Waals surface area (Å²) in [4.78, 5) is 14.5. The second-order valence-electron chi connectivity index (χ2n) is 4.84. The molecule has 17 heavy (non-hydrogen) atoms. The van der Waals surface area contributed by atoms with Crippen molar-refractivity contribution in [2.24, 2.45) is 0 Å². The summed E-state index contributed by atoms with van der Waals surface area (Å²) in [6, 6.07) is 0.280. The maximum atomic E-state index is 12.6. The Balaban J connectivity index is 2.78. The molecule has 1 amide bonds. The average molecular weight is 262 g/mol. The van der Waals surface area contributed by atoms with E-state index in [0.717, 1.165) is 25.7 Å². The van der Waals surface area contributed by atoms with Crippen LogP contribution in [0.4, 0.5) is 0 Å². The van der Waals surface area contributed by atoms with Gasteiger partial charge in [-0.1, -0.05) is 13.8 Å². The Labute approximate surface area is 109 Å². The summed E-state index contributed by atoms with van der Waals surface area (Å²) >= 11 is 5.82. The first-order valence-electron chi connectivity index (χ1n) is 6.60. The lowest BCUT2D eigenvalue weighted by molar-refractivity contribution is -0.153. The van der Waals surface area contributed by atoms with Gasteiger partial charge in [0.1, 0.15) is 5.60 Å². The molecule has 0 aromatic heterocycles. The van der Waals surface area contributed by atoms with E-state index in [4.69, 9.17) is 16.3 Å². The van der Waals surface area contributed by atoms with Gasteiger partial charge in [-0.25, -0.2) is 0 Å².